The van der Waals surface area contributed by atoms with Crippen LogP contribution < -0.4 is 19.8 Å². The summed E-state index contributed by atoms with van der Waals surface area (Å²) in [6, 6.07) is 15.8. The number of hydrogen-bond donors (Lipinski definition) is 0. The highest BCUT2D eigenvalue weighted by Gasteiger charge is 2.44. The molecule has 4 aromatic rings. The zero-order chi connectivity index (χ0) is 29.8. The average Bonchev–Trinajstić information content (AvgIpc) is 3.29. The summed E-state index contributed by atoms with van der Waals surface area (Å²) in [6.07, 6.45) is 2.51. The highest BCUT2D eigenvalue weighted by molar-refractivity contribution is 6.31. The Balaban J connectivity index is 1.64. The lowest BCUT2D eigenvalue weighted by Crippen LogP contribution is -2.29. The fourth-order valence-electron chi connectivity index (χ4n) is 4.97. The topological polar surface area (TPSA) is 95.3 Å². The molecule has 0 bridgehead atoms. The average molecular weight is 590 g/mol. The highest BCUT2D eigenvalue weighted by atomic mass is 35.5. The Kier molecular flexibility index (Phi) is 8.83. The molecule has 0 fully saturated rings. The van der Waals surface area contributed by atoms with Crippen molar-refractivity contribution in [2.24, 2.45) is 0 Å². The Morgan fingerprint density at radius 1 is 0.905 bits per heavy atom. The van der Waals surface area contributed by atoms with Gasteiger partial charge in [-0.2, -0.15) is 0 Å². The second kappa shape index (κ2) is 12.7. The van der Waals surface area contributed by atoms with Crippen LogP contribution in [0.3, 0.4) is 0 Å². The van der Waals surface area contributed by atoms with Crippen LogP contribution in [-0.4, -0.2) is 31.7 Å². The molecule has 3 aromatic carbocycles. The first-order chi connectivity index (χ1) is 20.4. The van der Waals surface area contributed by atoms with Crippen LogP contribution in [0.15, 0.2) is 69.9 Å². The van der Waals surface area contributed by atoms with Gasteiger partial charge in [-0.1, -0.05) is 37.9 Å². The lowest BCUT2D eigenvalue weighted by molar-refractivity contribution is 0.0499. The van der Waals surface area contributed by atoms with Gasteiger partial charge in [0, 0.05) is 10.7 Å². The fourth-order valence-corrected chi connectivity index (χ4v) is 5.14. The molecule has 42 heavy (non-hydrogen) atoms. The lowest BCUT2D eigenvalue weighted by atomic mass is 9.97. The van der Waals surface area contributed by atoms with E-state index < -0.39 is 17.9 Å². The molecule has 1 unspecified atom stereocenters. The number of amides is 1. The smallest absolute Gasteiger partial charge is 0.338 e. The van der Waals surface area contributed by atoms with Crippen LogP contribution in [0.5, 0.6) is 11.5 Å². The number of anilines is 1. The second-order valence-electron chi connectivity index (χ2n) is 9.92. The van der Waals surface area contributed by atoms with Crippen molar-refractivity contribution in [2.75, 3.05) is 24.7 Å². The first kappa shape index (κ1) is 29.2. The van der Waals surface area contributed by atoms with Gasteiger partial charge >= 0.3 is 5.97 Å². The highest BCUT2D eigenvalue weighted by Crippen LogP contribution is 2.43. The predicted molar refractivity (Wildman–Crippen MR) is 161 cm³/mol. The van der Waals surface area contributed by atoms with Gasteiger partial charge in [0.05, 0.1) is 42.4 Å². The van der Waals surface area contributed by atoms with E-state index in [4.69, 9.17) is 30.2 Å². The van der Waals surface area contributed by atoms with E-state index in [0.717, 1.165) is 19.3 Å². The number of nitrogens with zero attached hydrogens (tertiary/aromatic N) is 1. The zero-order valence-electron chi connectivity index (χ0n) is 23.8. The lowest BCUT2D eigenvalue weighted by Gasteiger charge is -2.26. The van der Waals surface area contributed by atoms with Crippen LogP contribution in [0.1, 0.15) is 78.1 Å². The summed E-state index contributed by atoms with van der Waals surface area (Å²) in [6.45, 7) is 7.15. The first-order valence-electron chi connectivity index (χ1n) is 14.1. The summed E-state index contributed by atoms with van der Waals surface area (Å²) in [5.41, 5.74) is 1.58. The third kappa shape index (κ3) is 5.59. The van der Waals surface area contributed by atoms with Crippen LogP contribution in [0.4, 0.5) is 5.69 Å². The van der Waals surface area contributed by atoms with Crippen molar-refractivity contribution in [3.8, 4) is 11.5 Å². The molecule has 8 nitrogen and oxygen atoms in total. The molecule has 5 rings (SSSR count). The van der Waals surface area contributed by atoms with Crippen LogP contribution >= 0.6 is 11.6 Å². The third-order valence-electron chi connectivity index (χ3n) is 6.99. The van der Waals surface area contributed by atoms with Gasteiger partial charge in [-0.15, -0.1) is 0 Å². The maximum atomic E-state index is 14.0. The fraction of sp³-hybridized carbons (Fsp3) is 0.303. The molecule has 0 saturated carbocycles. The van der Waals surface area contributed by atoms with E-state index in [1.165, 1.54) is 4.90 Å². The molecule has 0 aliphatic carbocycles. The molecule has 2 heterocycles. The zero-order valence-corrected chi connectivity index (χ0v) is 24.5. The van der Waals surface area contributed by atoms with Crippen molar-refractivity contribution in [2.45, 2.75) is 46.1 Å². The van der Waals surface area contributed by atoms with E-state index in [1.807, 2.05) is 26.8 Å². The normalized spacial score (nSPS) is 14.2. The number of fused-ring (bicyclic) bond motifs is 2. The molecular formula is C33H32ClNO7. The van der Waals surface area contributed by atoms with Gasteiger partial charge in [-0.25, -0.2) is 4.79 Å². The number of rotatable bonds is 11. The molecule has 1 aromatic heterocycles. The summed E-state index contributed by atoms with van der Waals surface area (Å²) < 4.78 is 23.1. The van der Waals surface area contributed by atoms with Gasteiger partial charge in [0.25, 0.3) is 5.91 Å². The maximum Gasteiger partial charge on any atom is 0.338 e. The summed E-state index contributed by atoms with van der Waals surface area (Å²) >= 11 is 6.22. The predicted octanol–water partition coefficient (Wildman–Crippen LogP) is 7.34. The molecule has 0 radical (unpaired) electrons. The van der Waals surface area contributed by atoms with Crippen molar-refractivity contribution in [1.82, 2.24) is 0 Å². The minimum Gasteiger partial charge on any atom is -0.490 e. The van der Waals surface area contributed by atoms with Gasteiger partial charge in [0.1, 0.15) is 5.58 Å². The van der Waals surface area contributed by atoms with Crippen molar-refractivity contribution in [3.63, 3.8) is 0 Å². The molecular weight excluding hydrogens is 558 g/mol. The van der Waals surface area contributed by atoms with Crippen molar-refractivity contribution < 1.29 is 28.2 Å². The Morgan fingerprint density at radius 3 is 2.40 bits per heavy atom. The summed E-state index contributed by atoms with van der Waals surface area (Å²) in [5, 5.41) is 0.656. The Bertz CT molecular complexity index is 1680. The SMILES string of the molecule is CCCCOC(=O)c1ccc(N2C(=O)c3oc4ccc(Cl)cc4c(=O)c3C2c2ccc(OCCC)c(OCC)c2)cc1. The second-order valence-corrected chi connectivity index (χ2v) is 10.4. The van der Waals surface area contributed by atoms with E-state index in [2.05, 4.69) is 0 Å². The number of unbranched alkanes of at least 4 members (excludes halogenated alkanes) is 1. The summed E-state index contributed by atoms with van der Waals surface area (Å²) in [7, 11) is 0. The molecule has 1 amide bonds. The standard InChI is InChI=1S/C33H32ClNO7/c1-4-7-17-41-33(38)20-8-12-23(13-9-20)35-29(21-10-14-26(40-16-5-2)27(18-21)39-6-3)28-30(36)24-19-22(34)11-15-25(24)42-31(28)32(35)37/h8-15,18-19,29H,4-7,16-17H2,1-3H3. The van der Waals surface area contributed by atoms with E-state index in [9.17, 15) is 14.4 Å². The van der Waals surface area contributed by atoms with Crippen molar-refractivity contribution >= 4 is 40.1 Å². The third-order valence-corrected chi connectivity index (χ3v) is 7.22. The molecule has 0 spiro atoms. The monoisotopic (exact) mass is 589 g/mol. The van der Waals surface area contributed by atoms with E-state index in [-0.39, 0.29) is 27.7 Å². The number of benzene rings is 3. The molecule has 1 aliphatic heterocycles. The van der Waals surface area contributed by atoms with Crippen LogP contribution in [0, 0.1) is 0 Å². The number of halogens is 1. The maximum absolute atomic E-state index is 14.0. The molecule has 218 valence electrons. The molecule has 9 heteroatoms. The van der Waals surface area contributed by atoms with Gasteiger partial charge in [-0.05, 0) is 79.9 Å². The number of esters is 1. The molecule has 1 atom stereocenters. The van der Waals surface area contributed by atoms with E-state index in [1.54, 1.807) is 54.6 Å². The minimum atomic E-state index is -0.839. The summed E-state index contributed by atoms with van der Waals surface area (Å²) in [5.74, 6) is 0.106. The molecule has 0 N–H and O–H groups in total. The first-order valence-corrected chi connectivity index (χ1v) is 14.5. The number of hydrogen-bond acceptors (Lipinski definition) is 7. The molecule has 0 saturated heterocycles. The Labute approximate surface area is 248 Å². The largest absolute Gasteiger partial charge is 0.490 e. The Morgan fingerprint density at radius 2 is 1.69 bits per heavy atom. The number of carbonyl (C=O) groups is 2. The number of carbonyl (C=O) groups excluding carboxylic acids is 2. The summed E-state index contributed by atoms with van der Waals surface area (Å²) in [4.78, 5) is 41.9. The van der Waals surface area contributed by atoms with Crippen LogP contribution in [0.25, 0.3) is 11.0 Å². The molecule has 1 aliphatic rings. The van der Waals surface area contributed by atoms with Crippen LogP contribution in [-0.2, 0) is 4.74 Å². The van der Waals surface area contributed by atoms with E-state index >= 15 is 0 Å². The van der Waals surface area contributed by atoms with Gasteiger partial charge in [-0.3, -0.25) is 14.5 Å². The minimum absolute atomic E-state index is 0.0489. The van der Waals surface area contributed by atoms with E-state index in [0.29, 0.717) is 53.2 Å². The van der Waals surface area contributed by atoms with Gasteiger partial charge in [0.15, 0.2) is 16.9 Å². The Hall–Kier alpha value is -4.30. The van der Waals surface area contributed by atoms with Crippen molar-refractivity contribution in [1.29, 1.82) is 0 Å². The van der Waals surface area contributed by atoms with Crippen LogP contribution in [0.2, 0.25) is 5.02 Å². The van der Waals surface area contributed by atoms with Crippen molar-refractivity contribution in [3.05, 3.63) is 98.4 Å². The quantitative estimate of drug-likeness (QED) is 0.133. The number of ether oxygens (including phenoxy) is 3. The van der Waals surface area contributed by atoms with Gasteiger partial charge in [0.2, 0.25) is 5.76 Å². The van der Waals surface area contributed by atoms with Gasteiger partial charge < -0.3 is 18.6 Å².